The summed E-state index contributed by atoms with van der Waals surface area (Å²) in [6, 6.07) is 10.1. The fourth-order valence-electron chi connectivity index (χ4n) is 5.89. The molecule has 1 atom stereocenters. The lowest BCUT2D eigenvalue weighted by atomic mass is 10.0. The maximum Gasteiger partial charge on any atom is 0.263 e. The molecule has 1 fully saturated rings. The van der Waals surface area contributed by atoms with Gasteiger partial charge in [0, 0.05) is 50.6 Å². The number of fused-ring (bicyclic) bond motifs is 2. The summed E-state index contributed by atoms with van der Waals surface area (Å²) >= 11 is 0. The van der Waals surface area contributed by atoms with E-state index in [1.165, 1.54) is 0 Å². The Morgan fingerprint density at radius 2 is 1.85 bits per heavy atom. The topological polar surface area (TPSA) is 145 Å². The molecule has 5 amide bonds. The van der Waals surface area contributed by atoms with Gasteiger partial charge in [-0.15, -0.1) is 0 Å². The van der Waals surface area contributed by atoms with Crippen molar-refractivity contribution < 1.29 is 28.7 Å². The van der Waals surface area contributed by atoms with Crippen LogP contribution in [-0.2, 0) is 20.9 Å². The zero-order chi connectivity index (χ0) is 33.9. The van der Waals surface area contributed by atoms with E-state index in [0.717, 1.165) is 51.7 Å². The van der Waals surface area contributed by atoms with E-state index in [4.69, 9.17) is 10.5 Å². The Balaban J connectivity index is 1.18. The summed E-state index contributed by atoms with van der Waals surface area (Å²) in [5, 5.41) is 5.60. The standard InChI is InChI=1S/C35H41N5O6Si/c1-23-26-15-14-25(32(36)42)21-29(26)39(37-23)18-9-7-5-6-8-11-24-12-10-13-27-31(24)35(45)40(33(27)43)28-16-17-30(41)38(34(28)44)22-46-19-20-47(2,3)4/h10,12-15,21,28H,5-7,9,16-20,22H2,1-4H3,(H2,36,42). The van der Waals surface area contributed by atoms with Crippen molar-refractivity contribution in [2.45, 2.75) is 83.7 Å². The number of unbranched alkanes of at least 4 members (excludes halogenated alkanes) is 3. The summed E-state index contributed by atoms with van der Waals surface area (Å²) in [5.74, 6) is 3.65. The van der Waals surface area contributed by atoms with E-state index in [1.54, 1.807) is 30.3 Å². The van der Waals surface area contributed by atoms with Crippen LogP contribution in [0, 0.1) is 18.8 Å². The summed E-state index contributed by atoms with van der Waals surface area (Å²) in [6.07, 6.45) is 3.29. The second-order valence-electron chi connectivity index (χ2n) is 13.3. The first-order valence-electron chi connectivity index (χ1n) is 16.1. The first-order chi connectivity index (χ1) is 22.4. The average molecular weight is 656 g/mol. The first kappa shape index (κ1) is 33.8. The van der Waals surface area contributed by atoms with Crippen LogP contribution in [0.25, 0.3) is 10.9 Å². The number of primary amides is 1. The van der Waals surface area contributed by atoms with E-state index in [2.05, 4.69) is 36.6 Å². The molecule has 5 rings (SSSR count). The lowest BCUT2D eigenvalue weighted by Crippen LogP contribution is -2.56. The number of hydrogen-bond acceptors (Lipinski definition) is 7. The molecule has 0 bridgehead atoms. The van der Waals surface area contributed by atoms with E-state index in [9.17, 15) is 24.0 Å². The molecule has 11 nitrogen and oxygen atoms in total. The van der Waals surface area contributed by atoms with Crippen LogP contribution in [-0.4, -0.2) is 76.6 Å². The largest absolute Gasteiger partial charge is 0.366 e. The van der Waals surface area contributed by atoms with Crippen LogP contribution in [0.4, 0.5) is 0 Å². The molecule has 0 radical (unpaired) electrons. The van der Waals surface area contributed by atoms with Gasteiger partial charge in [-0.25, -0.2) is 0 Å². The molecule has 1 saturated heterocycles. The van der Waals surface area contributed by atoms with Crippen LogP contribution in [0.15, 0.2) is 36.4 Å². The summed E-state index contributed by atoms with van der Waals surface area (Å²) in [7, 11) is -1.35. The van der Waals surface area contributed by atoms with Gasteiger partial charge in [0.1, 0.15) is 12.8 Å². The van der Waals surface area contributed by atoms with Crippen molar-refractivity contribution in [3.05, 3.63) is 64.3 Å². The molecule has 1 aromatic heterocycles. The van der Waals surface area contributed by atoms with Gasteiger partial charge in [0.25, 0.3) is 17.7 Å². The number of likely N-dealkylation sites (tertiary alicyclic amines) is 1. The number of amides is 5. The second kappa shape index (κ2) is 14.0. The Hall–Kier alpha value is -4.60. The van der Waals surface area contributed by atoms with E-state index in [-0.39, 0.29) is 36.6 Å². The molecule has 0 aliphatic carbocycles. The smallest absolute Gasteiger partial charge is 0.263 e. The molecular weight excluding hydrogens is 615 g/mol. The molecule has 3 heterocycles. The number of nitrogens with zero attached hydrogens (tertiary/aromatic N) is 4. The summed E-state index contributed by atoms with van der Waals surface area (Å²) in [6.45, 7) is 9.50. The third-order valence-electron chi connectivity index (χ3n) is 8.57. The second-order valence-corrected chi connectivity index (χ2v) is 18.9. The third kappa shape index (κ3) is 7.37. The van der Waals surface area contributed by atoms with Gasteiger partial charge in [-0.3, -0.25) is 38.5 Å². The maximum atomic E-state index is 13.6. The number of rotatable bonds is 12. The minimum atomic E-state index is -1.35. The molecule has 2 aromatic carbocycles. The molecule has 47 heavy (non-hydrogen) atoms. The average Bonchev–Trinajstić information content (AvgIpc) is 3.47. The van der Waals surface area contributed by atoms with Crippen LogP contribution < -0.4 is 5.73 Å². The molecule has 1 unspecified atom stereocenters. The Morgan fingerprint density at radius 3 is 2.60 bits per heavy atom. The monoisotopic (exact) mass is 655 g/mol. The summed E-state index contributed by atoms with van der Waals surface area (Å²) in [5.41, 5.74) is 8.53. The van der Waals surface area contributed by atoms with Gasteiger partial charge in [-0.2, -0.15) is 5.10 Å². The molecule has 12 heteroatoms. The predicted octanol–water partition coefficient (Wildman–Crippen LogP) is 4.48. The van der Waals surface area contributed by atoms with Crippen molar-refractivity contribution in [2.24, 2.45) is 5.73 Å². The van der Waals surface area contributed by atoms with Gasteiger partial charge in [-0.1, -0.05) is 50.0 Å². The van der Waals surface area contributed by atoms with Crippen LogP contribution in [0.2, 0.25) is 25.7 Å². The van der Waals surface area contributed by atoms with Gasteiger partial charge >= 0.3 is 0 Å². The highest BCUT2D eigenvalue weighted by Gasteiger charge is 2.47. The van der Waals surface area contributed by atoms with Crippen molar-refractivity contribution in [3.63, 3.8) is 0 Å². The Bertz CT molecular complexity index is 1810. The number of hydrogen-bond donors (Lipinski definition) is 1. The molecule has 2 aliphatic rings. The van der Waals surface area contributed by atoms with Gasteiger partial charge in [0.2, 0.25) is 11.8 Å². The number of aromatic nitrogens is 2. The normalized spacial score (nSPS) is 16.6. The van der Waals surface area contributed by atoms with Crippen LogP contribution >= 0.6 is 0 Å². The fourth-order valence-corrected chi connectivity index (χ4v) is 6.65. The third-order valence-corrected chi connectivity index (χ3v) is 10.3. The predicted molar refractivity (Wildman–Crippen MR) is 179 cm³/mol. The van der Waals surface area contributed by atoms with E-state index in [0.29, 0.717) is 30.7 Å². The summed E-state index contributed by atoms with van der Waals surface area (Å²) in [4.78, 5) is 66.6. The SMILES string of the molecule is Cc1nn(CCCCCC#Cc2cccc3c2C(=O)N(C2CCC(=O)N(COCC[Si](C)(C)C)C2=O)C3=O)c2cc(C(N)=O)ccc12. The lowest BCUT2D eigenvalue weighted by Gasteiger charge is -2.34. The molecule has 2 N–H and O–H groups in total. The van der Waals surface area contributed by atoms with Crippen molar-refractivity contribution in [2.75, 3.05) is 13.3 Å². The van der Waals surface area contributed by atoms with E-state index in [1.807, 2.05) is 17.7 Å². The number of carbonyl (C=O) groups is 5. The fraction of sp³-hybridized carbons (Fsp3) is 0.429. The van der Waals surface area contributed by atoms with Gasteiger partial charge < -0.3 is 10.5 Å². The molecule has 3 aromatic rings. The number of piperidine rings is 1. The zero-order valence-corrected chi connectivity index (χ0v) is 28.4. The minimum absolute atomic E-state index is 0.0402. The number of carbonyl (C=O) groups excluding carboxylic acids is 5. The van der Waals surface area contributed by atoms with Gasteiger partial charge in [-0.05, 0) is 56.5 Å². The Kier molecular flexibility index (Phi) is 10.1. The highest BCUT2D eigenvalue weighted by molar-refractivity contribution is 6.76. The molecule has 2 aliphatic heterocycles. The van der Waals surface area contributed by atoms with Crippen molar-refractivity contribution >= 4 is 48.5 Å². The lowest BCUT2D eigenvalue weighted by molar-refractivity contribution is -0.158. The molecule has 246 valence electrons. The van der Waals surface area contributed by atoms with Crippen molar-refractivity contribution in [1.29, 1.82) is 0 Å². The number of nitrogens with two attached hydrogens (primary N) is 1. The number of benzene rings is 2. The Morgan fingerprint density at radius 1 is 1.06 bits per heavy atom. The molecule has 0 saturated carbocycles. The Labute approximate surface area is 275 Å². The number of aryl methyl sites for hydroxylation is 2. The zero-order valence-electron chi connectivity index (χ0n) is 27.4. The summed E-state index contributed by atoms with van der Waals surface area (Å²) < 4.78 is 7.56. The van der Waals surface area contributed by atoms with Crippen molar-refractivity contribution in [3.8, 4) is 11.8 Å². The van der Waals surface area contributed by atoms with E-state index < -0.39 is 37.7 Å². The maximum absolute atomic E-state index is 13.6. The first-order valence-corrected chi connectivity index (χ1v) is 19.8. The van der Waals surface area contributed by atoms with E-state index >= 15 is 0 Å². The van der Waals surface area contributed by atoms with Crippen molar-refractivity contribution in [1.82, 2.24) is 19.6 Å². The van der Waals surface area contributed by atoms with Gasteiger partial charge in [0.05, 0.1) is 22.3 Å². The van der Waals surface area contributed by atoms with Crippen LogP contribution in [0.5, 0.6) is 0 Å². The minimum Gasteiger partial charge on any atom is -0.366 e. The highest BCUT2D eigenvalue weighted by Crippen LogP contribution is 2.31. The van der Waals surface area contributed by atoms with Crippen LogP contribution in [0.1, 0.15) is 80.9 Å². The molecular formula is C35H41N5O6Si. The van der Waals surface area contributed by atoms with Crippen LogP contribution in [0.3, 0.4) is 0 Å². The molecule has 0 spiro atoms. The highest BCUT2D eigenvalue weighted by atomic mass is 28.3. The van der Waals surface area contributed by atoms with Gasteiger partial charge in [0.15, 0.2) is 0 Å². The number of ether oxygens (including phenoxy) is 1. The quantitative estimate of drug-likeness (QED) is 0.131. The number of imide groups is 2.